The summed E-state index contributed by atoms with van der Waals surface area (Å²) in [6, 6.07) is 49.1. The molecule has 0 aliphatic rings. The molecule has 8 rings (SSSR count). The van der Waals surface area contributed by atoms with Crippen molar-refractivity contribution in [3.8, 4) is 11.1 Å². The van der Waals surface area contributed by atoms with E-state index < -0.39 is 0 Å². The van der Waals surface area contributed by atoms with Crippen LogP contribution in [0, 0.1) is 0 Å². The van der Waals surface area contributed by atoms with Gasteiger partial charge < -0.3 is 0 Å². The average molecular weight is 455 g/mol. The number of hydrogen-bond donors (Lipinski definition) is 0. The summed E-state index contributed by atoms with van der Waals surface area (Å²) >= 11 is 0. The number of rotatable bonds is 1. The first-order valence-corrected chi connectivity index (χ1v) is 12.5. The maximum atomic E-state index is 2.37. The Morgan fingerprint density at radius 1 is 0.222 bits per heavy atom. The van der Waals surface area contributed by atoms with Gasteiger partial charge in [0.15, 0.2) is 0 Å². The number of fused-ring (bicyclic) bond motifs is 8. The van der Waals surface area contributed by atoms with Crippen LogP contribution >= 0.6 is 0 Å². The predicted molar refractivity (Wildman–Crippen MR) is 157 cm³/mol. The standard InChI is InChI=1S/C36H22/c1-5-13-27-23(9-1)17-19-31-33(27)21-25-11-3-7-15-29(25)35(31)36-30-16-8-4-12-26(30)22-34-28-14-6-2-10-24(28)18-20-32(34)36/h1-22H. The molecular formula is C36H22. The lowest BCUT2D eigenvalue weighted by Crippen LogP contribution is -1.91. The average Bonchev–Trinajstić information content (AvgIpc) is 2.95. The molecule has 0 heteroatoms. The number of benzene rings is 8. The van der Waals surface area contributed by atoms with E-state index in [1.807, 2.05) is 0 Å². The summed E-state index contributed by atoms with van der Waals surface area (Å²) in [5, 5.41) is 15.5. The lowest BCUT2D eigenvalue weighted by Gasteiger charge is -2.19. The maximum Gasteiger partial charge on any atom is -0.00141 e. The van der Waals surface area contributed by atoms with E-state index in [4.69, 9.17) is 0 Å². The van der Waals surface area contributed by atoms with Crippen LogP contribution in [0.15, 0.2) is 133 Å². The van der Waals surface area contributed by atoms with Crippen LogP contribution in [0.1, 0.15) is 0 Å². The Bertz CT molecular complexity index is 1990. The highest BCUT2D eigenvalue weighted by Crippen LogP contribution is 2.46. The molecule has 0 bridgehead atoms. The summed E-state index contributed by atoms with van der Waals surface area (Å²) in [5.41, 5.74) is 2.65. The molecule has 8 aromatic rings. The zero-order chi connectivity index (χ0) is 23.6. The third kappa shape index (κ3) is 2.70. The van der Waals surface area contributed by atoms with Crippen LogP contribution in [0.4, 0.5) is 0 Å². The van der Waals surface area contributed by atoms with Gasteiger partial charge in [0, 0.05) is 0 Å². The molecule has 0 aromatic heterocycles. The van der Waals surface area contributed by atoms with Gasteiger partial charge in [-0.15, -0.1) is 0 Å². The van der Waals surface area contributed by atoms with Gasteiger partial charge in [-0.05, 0) is 87.9 Å². The van der Waals surface area contributed by atoms with Crippen LogP contribution in [-0.4, -0.2) is 0 Å². The predicted octanol–water partition coefficient (Wildman–Crippen LogP) is 10.3. The van der Waals surface area contributed by atoms with Gasteiger partial charge in [0.2, 0.25) is 0 Å². The zero-order valence-electron chi connectivity index (χ0n) is 19.7. The van der Waals surface area contributed by atoms with Crippen LogP contribution < -0.4 is 0 Å². The summed E-state index contributed by atoms with van der Waals surface area (Å²) in [6.45, 7) is 0. The van der Waals surface area contributed by atoms with Crippen molar-refractivity contribution in [2.75, 3.05) is 0 Å². The molecular weight excluding hydrogens is 432 g/mol. The molecule has 0 nitrogen and oxygen atoms in total. The van der Waals surface area contributed by atoms with Gasteiger partial charge >= 0.3 is 0 Å². The first-order valence-electron chi connectivity index (χ1n) is 12.5. The Morgan fingerprint density at radius 2 is 0.583 bits per heavy atom. The third-order valence-electron chi connectivity index (χ3n) is 7.79. The van der Waals surface area contributed by atoms with E-state index in [1.54, 1.807) is 0 Å². The molecule has 0 saturated carbocycles. The Balaban J connectivity index is 1.68. The molecule has 8 aromatic carbocycles. The van der Waals surface area contributed by atoms with Gasteiger partial charge in [0.1, 0.15) is 0 Å². The Hall–Kier alpha value is -4.68. The van der Waals surface area contributed by atoms with Crippen molar-refractivity contribution in [1.29, 1.82) is 0 Å². The zero-order valence-corrected chi connectivity index (χ0v) is 19.7. The fraction of sp³-hybridized carbons (Fsp3) is 0. The summed E-state index contributed by atoms with van der Waals surface area (Å²) in [7, 11) is 0. The highest BCUT2D eigenvalue weighted by molar-refractivity contribution is 6.28. The van der Waals surface area contributed by atoms with E-state index in [1.165, 1.54) is 75.8 Å². The summed E-state index contributed by atoms with van der Waals surface area (Å²) in [5.74, 6) is 0. The first-order chi connectivity index (χ1) is 17.9. The molecule has 0 unspecified atom stereocenters. The summed E-state index contributed by atoms with van der Waals surface area (Å²) in [4.78, 5) is 0. The van der Waals surface area contributed by atoms with Gasteiger partial charge in [-0.3, -0.25) is 0 Å². The van der Waals surface area contributed by atoms with E-state index in [9.17, 15) is 0 Å². The molecule has 36 heavy (non-hydrogen) atoms. The van der Waals surface area contributed by atoms with Crippen molar-refractivity contribution in [2.45, 2.75) is 0 Å². The lowest BCUT2D eigenvalue weighted by atomic mass is 9.84. The highest BCUT2D eigenvalue weighted by atomic mass is 14.2. The van der Waals surface area contributed by atoms with Crippen molar-refractivity contribution < 1.29 is 0 Å². The lowest BCUT2D eigenvalue weighted by molar-refractivity contribution is 1.74. The van der Waals surface area contributed by atoms with E-state index in [0.29, 0.717) is 0 Å². The molecule has 0 fully saturated rings. The molecule has 166 valence electrons. The minimum atomic E-state index is 1.28. The molecule has 0 heterocycles. The third-order valence-corrected chi connectivity index (χ3v) is 7.79. The summed E-state index contributed by atoms with van der Waals surface area (Å²) < 4.78 is 0. The Labute approximate surface area is 209 Å². The van der Waals surface area contributed by atoms with Crippen LogP contribution in [0.3, 0.4) is 0 Å². The molecule has 0 spiro atoms. The SMILES string of the molecule is c1ccc2c(-c3c4ccccc4cc4c3ccc3ccccc34)c3ccc4ccccc4c3cc2c1. The molecule has 0 radical (unpaired) electrons. The largest absolute Gasteiger partial charge is 0.0616 e. The van der Waals surface area contributed by atoms with Crippen LogP contribution in [0.25, 0.3) is 75.8 Å². The molecule has 0 aliphatic heterocycles. The molecule has 0 amide bonds. The van der Waals surface area contributed by atoms with Gasteiger partial charge in [0.05, 0.1) is 0 Å². The van der Waals surface area contributed by atoms with Crippen LogP contribution in [-0.2, 0) is 0 Å². The first kappa shape index (κ1) is 19.6. The van der Waals surface area contributed by atoms with E-state index >= 15 is 0 Å². The van der Waals surface area contributed by atoms with Gasteiger partial charge in [-0.1, -0.05) is 121 Å². The quantitative estimate of drug-likeness (QED) is 0.171. The highest BCUT2D eigenvalue weighted by Gasteiger charge is 2.18. The molecule has 0 saturated heterocycles. The topological polar surface area (TPSA) is 0 Å². The van der Waals surface area contributed by atoms with Crippen LogP contribution in [0.2, 0.25) is 0 Å². The smallest absolute Gasteiger partial charge is 0.00141 e. The van der Waals surface area contributed by atoms with Crippen molar-refractivity contribution in [2.24, 2.45) is 0 Å². The molecule has 0 N–H and O–H groups in total. The van der Waals surface area contributed by atoms with Crippen LogP contribution in [0.5, 0.6) is 0 Å². The Kier molecular flexibility index (Phi) is 4.03. The van der Waals surface area contributed by atoms with Gasteiger partial charge in [-0.25, -0.2) is 0 Å². The maximum absolute atomic E-state index is 2.37. The van der Waals surface area contributed by atoms with Crippen molar-refractivity contribution in [1.82, 2.24) is 0 Å². The summed E-state index contributed by atoms with van der Waals surface area (Å²) in [6.07, 6.45) is 0. The van der Waals surface area contributed by atoms with Crippen molar-refractivity contribution in [3.63, 3.8) is 0 Å². The molecule has 0 aliphatic carbocycles. The van der Waals surface area contributed by atoms with E-state index in [-0.39, 0.29) is 0 Å². The van der Waals surface area contributed by atoms with E-state index in [2.05, 4.69) is 133 Å². The normalized spacial score (nSPS) is 11.9. The second kappa shape index (κ2) is 7.41. The van der Waals surface area contributed by atoms with Gasteiger partial charge in [0.25, 0.3) is 0 Å². The fourth-order valence-electron chi connectivity index (χ4n) is 6.18. The fourth-order valence-corrected chi connectivity index (χ4v) is 6.18. The molecule has 0 atom stereocenters. The van der Waals surface area contributed by atoms with Gasteiger partial charge in [-0.2, -0.15) is 0 Å². The van der Waals surface area contributed by atoms with Crippen molar-refractivity contribution >= 4 is 64.6 Å². The van der Waals surface area contributed by atoms with Crippen molar-refractivity contribution in [3.05, 3.63) is 133 Å². The monoisotopic (exact) mass is 454 g/mol. The Morgan fingerprint density at radius 3 is 1.03 bits per heavy atom. The minimum absolute atomic E-state index is 1.28. The van der Waals surface area contributed by atoms with E-state index in [0.717, 1.165) is 0 Å². The second-order valence-corrected chi connectivity index (χ2v) is 9.71. The number of hydrogen-bond acceptors (Lipinski definition) is 0. The second-order valence-electron chi connectivity index (χ2n) is 9.71. The minimum Gasteiger partial charge on any atom is -0.0616 e.